The van der Waals surface area contributed by atoms with E-state index in [4.69, 9.17) is 23.2 Å². The standard InChI is InChI=1S/C13H11Cl2NOS/c1-16(8-9-4-2-3-5-10(9)14)13(17)11-6-7-12(15)18-11/h2-7H,8H2,1H3. The highest BCUT2D eigenvalue weighted by molar-refractivity contribution is 7.17. The lowest BCUT2D eigenvalue weighted by atomic mass is 10.2. The fraction of sp³-hybridized carbons (Fsp3) is 0.154. The molecule has 5 heteroatoms. The second kappa shape index (κ2) is 5.74. The summed E-state index contributed by atoms with van der Waals surface area (Å²) >= 11 is 13.2. The molecule has 1 aromatic heterocycles. The maximum absolute atomic E-state index is 12.1. The molecule has 2 rings (SSSR count). The molecule has 0 radical (unpaired) electrons. The first-order chi connectivity index (χ1) is 8.58. The Labute approximate surface area is 120 Å². The van der Waals surface area contributed by atoms with Crippen LogP contribution in [0.3, 0.4) is 0 Å². The molecule has 94 valence electrons. The predicted octanol–water partition coefficient (Wildman–Crippen LogP) is 4.33. The molecule has 2 nitrogen and oxygen atoms in total. The first kappa shape index (κ1) is 13.4. The zero-order valence-electron chi connectivity index (χ0n) is 9.69. The molecule has 0 N–H and O–H groups in total. The van der Waals surface area contributed by atoms with Crippen LogP contribution in [0.2, 0.25) is 9.36 Å². The lowest BCUT2D eigenvalue weighted by molar-refractivity contribution is 0.0790. The van der Waals surface area contributed by atoms with Crippen molar-refractivity contribution in [3.05, 3.63) is 56.2 Å². The van der Waals surface area contributed by atoms with Crippen molar-refractivity contribution in [2.75, 3.05) is 7.05 Å². The molecule has 0 bridgehead atoms. The number of rotatable bonds is 3. The molecule has 0 saturated heterocycles. The summed E-state index contributed by atoms with van der Waals surface area (Å²) in [5.74, 6) is -0.0492. The maximum atomic E-state index is 12.1. The highest BCUT2D eigenvalue weighted by atomic mass is 35.5. The van der Waals surface area contributed by atoms with Gasteiger partial charge in [-0.2, -0.15) is 0 Å². The second-order valence-corrected chi connectivity index (χ2v) is 5.98. The number of hydrogen-bond donors (Lipinski definition) is 0. The van der Waals surface area contributed by atoms with Gasteiger partial charge in [0.05, 0.1) is 9.21 Å². The van der Waals surface area contributed by atoms with Crippen LogP contribution in [0.25, 0.3) is 0 Å². The van der Waals surface area contributed by atoms with Crippen LogP contribution < -0.4 is 0 Å². The highest BCUT2D eigenvalue weighted by Crippen LogP contribution is 2.23. The van der Waals surface area contributed by atoms with Gasteiger partial charge in [0.15, 0.2) is 0 Å². The van der Waals surface area contributed by atoms with Crippen molar-refractivity contribution >= 4 is 40.4 Å². The van der Waals surface area contributed by atoms with Gasteiger partial charge in [-0.25, -0.2) is 0 Å². The molecule has 0 atom stereocenters. The third-order valence-corrected chi connectivity index (χ3v) is 4.08. The Hall–Kier alpha value is -1.03. The summed E-state index contributed by atoms with van der Waals surface area (Å²) in [4.78, 5) is 14.4. The van der Waals surface area contributed by atoms with E-state index in [-0.39, 0.29) is 5.91 Å². The largest absolute Gasteiger partial charge is 0.337 e. The molecule has 1 amide bonds. The fourth-order valence-corrected chi connectivity index (χ4v) is 2.80. The third-order valence-electron chi connectivity index (χ3n) is 2.50. The highest BCUT2D eigenvalue weighted by Gasteiger charge is 2.15. The predicted molar refractivity (Wildman–Crippen MR) is 76.6 cm³/mol. The number of carbonyl (C=O) groups is 1. The van der Waals surface area contributed by atoms with Crippen molar-refractivity contribution in [3.8, 4) is 0 Å². The fourth-order valence-electron chi connectivity index (χ4n) is 1.57. The topological polar surface area (TPSA) is 20.3 Å². The average Bonchev–Trinajstić information content (AvgIpc) is 2.78. The summed E-state index contributed by atoms with van der Waals surface area (Å²) in [6.07, 6.45) is 0. The van der Waals surface area contributed by atoms with Crippen molar-refractivity contribution in [2.24, 2.45) is 0 Å². The van der Waals surface area contributed by atoms with E-state index in [9.17, 15) is 4.79 Å². The molecule has 0 aliphatic rings. The van der Waals surface area contributed by atoms with Gasteiger partial charge < -0.3 is 4.90 Å². The molecule has 0 saturated carbocycles. The number of amides is 1. The monoisotopic (exact) mass is 299 g/mol. The van der Waals surface area contributed by atoms with Gasteiger partial charge in [0.25, 0.3) is 5.91 Å². The molecule has 0 spiro atoms. The van der Waals surface area contributed by atoms with E-state index in [1.165, 1.54) is 11.3 Å². The summed E-state index contributed by atoms with van der Waals surface area (Å²) in [6, 6.07) is 11.0. The van der Waals surface area contributed by atoms with Gasteiger partial charge >= 0.3 is 0 Å². The Balaban J connectivity index is 2.11. The van der Waals surface area contributed by atoms with Crippen molar-refractivity contribution in [2.45, 2.75) is 6.54 Å². The number of halogens is 2. The van der Waals surface area contributed by atoms with Crippen LogP contribution in [-0.2, 0) is 6.54 Å². The van der Waals surface area contributed by atoms with Crippen molar-refractivity contribution in [3.63, 3.8) is 0 Å². The Bertz CT molecular complexity index is 568. The average molecular weight is 300 g/mol. The van der Waals surface area contributed by atoms with Crippen LogP contribution in [-0.4, -0.2) is 17.9 Å². The second-order valence-electron chi connectivity index (χ2n) is 3.86. The van der Waals surface area contributed by atoms with Crippen LogP contribution >= 0.6 is 34.5 Å². The SMILES string of the molecule is CN(Cc1ccccc1Cl)C(=O)c1ccc(Cl)s1. The van der Waals surface area contributed by atoms with Gasteiger partial charge in [0.2, 0.25) is 0 Å². The van der Waals surface area contributed by atoms with Crippen LogP contribution in [0.4, 0.5) is 0 Å². The van der Waals surface area contributed by atoms with E-state index in [0.29, 0.717) is 20.8 Å². The molecule has 1 aromatic carbocycles. The normalized spacial score (nSPS) is 10.4. The zero-order chi connectivity index (χ0) is 13.1. The lowest BCUT2D eigenvalue weighted by Crippen LogP contribution is -2.25. The smallest absolute Gasteiger partial charge is 0.264 e. The first-order valence-corrected chi connectivity index (χ1v) is 6.89. The molecular formula is C13H11Cl2NOS. The molecule has 0 aliphatic carbocycles. The molecule has 1 heterocycles. The first-order valence-electron chi connectivity index (χ1n) is 5.32. The lowest BCUT2D eigenvalue weighted by Gasteiger charge is -2.17. The van der Waals surface area contributed by atoms with E-state index in [0.717, 1.165) is 5.56 Å². The van der Waals surface area contributed by atoms with Gasteiger partial charge in [-0.15, -0.1) is 11.3 Å². The molecule has 0 fully saturated rings. The Morgan fingerprint density at radius 2 is 1.94 bits per heavy atom. The summed E-state index contributed by atoms with van der Waals surface area (Å²) < 4.78 is 0.615. The van der Waals surface area contributed by atoms with Crippen molar-refractivity contribution in [1.82, 2.24) is 4.90 Å². The molecule has 18 heavy (non-hydrogen) atoms. The van der Waals surface area contributed by atoms with Gasteiger partial charge in [-0.1, -0.05) is 41.4 Å². The summed E-state index contributed by atoms with van der Waals surface area (Å²) in [5.41, 5.74) is 0.928. The molecular weight excluding hydrogens is 289 g/mol. The van der Waals surface area contributed by atoms with E-state index >= 15 is 0 Å². The Morgan fingerprint density at radius 3 is 2.56 bits per heavy atom. The van der Waals surface area contributed by atoms with Gasteiger partial charge in [0, 0.05) is 18.6 Å². The summed E-state index contributed by atoms with van der Waals surface area (Å²) in [5, 5.41) is 0.668. The maximum Gasteiger partial charge on any atom is 0.264 e. The third kappa shape index (κ3) is 3.05. The van der Waals surface area contributed by atoms with Gasteiger partial charge in [-0.3, -0.25) is 4.79 Å². The molecule has 0 aliphatic heterocycles. The van der Waals surface area contributed by atoms with Crippen molar-refractivity contribution in [1.29, 1.82) is 0 Å². The van der Waals surface area contributed by atoms with E-state index in [2.05, 4.69) is 0 Å². The number of thiophene rings is 1. The van der Waals surface area contributed by atoms with Crippen LogP contribution in [0.1, 0.15) is 15.2 Å². The van der Waals surface area contributed by atoms with Crippen LogP contribution in [0.5, 0.6) is 0 Å². The zero-order valence-corrected chi connectivity index (χ0v) is 12.0. The minimum atomic E-state index is -0.0492. The van der Waals surface area contributed by atoms with E-state index in [1.807, 2.05) is 24.3 Å². The summed E-state index contributed by atoms with van der Waals surface area (Å²) in [6.45, 7) is 0.480. The molecule has 2 aromatic rings. The molecule has 0 unspecified atom stereocenters. The number of carbonyl (C=O) groups excluding carboxylic acids is 1. The Kier molecular flexibility index (Phi) is 4.27. The van der Waals surface area contributed by atoms with Crippen molar-refractivity contribution < 1.29 is 4.79 Å². The van der Waals surface area contributed by atoms with E-state index in [1.54, 1.807) is 24.1 Å². The Morgan fingerprint density at radius 1 is 1.22 bits per heavy atom. The van der Waals surface area contributed by atoms with E-state index < -0.39 is 0 Å². The minimum absolute atomic E-state index is 0.0492. The van der Waals surface area contributed by atoms with Crippen LogP contribution in [0, 0.1) is 0 Å². The van der Waals surface area contributed by atoms with Crippen LogP contribution in [0.15, 0.2) is 36.4 Å². The number of nitrogens with zero attached hydrogens (tertiary/aromatic N) is 1. The number of hydrogen-bond acceptors (Lipinski definition) is 2. The van der Waals surface area contributed by atoms with Gasteiger partial charge in [0.1, 0.15) is 0 Å². The number of benzene rings is 1. The van der Waals surface area contributed by atoms with Gasteiger partial charge in [-0.05, 0) is 23.8 Å². The summed E-state index contributed by atoms with van der Waals surface area (Å²) in [7, 11) is 1.75. The minimum Gasteiger partial charge on any atom is -0.337 e. The quantitative estimate of drug-likeness (QED) is 0.826.